The molecule has 0 saturated carbocycles. The van der Waals surface area contributed by atoms with Gasteiger partial charge in [0.25, 0.3) is 0 Å². The van der Waals surface area contributed by atoms with E-state index in [4.69, 9.17) is 0 Å². The molecule has 0 fully saturated rings. The van der Waals surface area contributed by atoms with Crippen molar-refractivity contribution in [2.75, 3.05) is 0 Å². The normalized spacial score (nSPS) is 12.7. The zero-order valence-corrected chi connectivity index (χ0v) is 12.4. The van der Waals surface area contributed by atoms with Crippen molar-refractivity contribution in [3.05, 3.63) is 56.8 Å². The Bertz CT molecular complexity index is 514. The van der Waals surface area contributed by atoms with E-state index in [1.165, 1.54) is 27.8 Å². The minimum atomic E-state index is 0.393. The second-order valence-electron chi connectivity index (χ2n) is 5.03. The predicted molar refractivity (Wildman–Crippen MR) is 80.2 cm³/mol. The molecule has 1 aromatic heterocycles. The number of hydrogen-bond acceptors (Lipinski definition) is 2. The van der Waals surface area contributed by atoms with Gasteiger partial charge >= 0.3 is 0 Å². The zero-order chi connectivity index (χ0) is 13.1. The summed E-state index contributed by atoms with van der Waals surface area (Å²) in [4.78, 5) is 0. The van der Waals surface area contributed by atoms with E-state index in [0.29, 0.717) is 6.04 Å². The maximum atomic E-state index is 3.60. The standard InChI is InChI=1S/C16H21NS/c1-11-7-13(3)16(8-12(11)2)14(4)17-9-15-5-6-18-10-15/h5-8,10,14,17H,9H2,1-4H3. The molecule has 0 amide bonds. The average Bonchev–Trinajstić information content (AvgIpc) is 2.84. The van der Waals surface area contributed by atoms with Crippen LogP contribution in [0.2, 0.25) is 0 Å². The molecule has 1 nitrogen and oxygen atoms in total. The SMILES string of the molecule is Cc1cc(C)c(C(C)NCc2ccsc2)cc1C. The van der Waals surface area contributed by atoms with Crippen LogP contribution < -0.4 is 5.32 Å². The van der Waals surface area contributed by atoms with Crippen molar-refractivity contribution in [3.8, 4) is 0 Å². The van der Waals surface area contributed by atoms with Crippen LogP contribution in [0.1, 0.15) is 40.8 Å². The van der Waals surface area contributed by atoms with Gasteiger partial charge in [-0.2, -0.15) is 11.3 Å². The first-order valence-electron chi connectivity index (χ1n) is 6.40. The summed E-state index contributed by atoms with van der Waals surface area (Å²) in [5.74, 6) is 0. The van der Waals surface area contributed by atoms with E-state index in [1.807, 2.05) is 0 Å². The number of hydrogen-bond donors (Lipinski definition) is 1. The maximum absolute atomic E-state index is 3.60. The molecule has 1 N–H and O–H groups in total. The second kappa shape index (κ2) is 5.68. The predicted octanol–water partition coefficient (Wildman–Crippen LogP) is 4.52. The molecule has 96 valence electrons. The minimum absolute atomic E-state index is 0.393. The first-order chi connectivity index (χ1) is 8.58. The van der Waals surface area contributed by atoms with Crippen molar-refractivity contribution in [3.63, 3.8) is 0 Å². The molecule has 0 bridgehead atoms. The highest BCUT2D eigenvalue weighted by Gasteiger charge is 2.09. The lowest BCUT2D eigenvalue weighted by Gasteiger charge is -2.18. The van der Waals surface area contributed by atoms with Crippen LogP contribution in [0, 0.1) is 20.8 Å². The monoisotopic (exact) mass is 259 g/mol. The lowest BCUT2D eigenvalue weighted by molar-refractivity contribution is 0.572. The van der Waals surface area contributed by atoms with Gasteiger partial charge in [-0.3, -0.25) is 0 Å². The molecule has 2 heteroatoms. The quantitative estimate of drug-likeness (QED) is 0.851. The molecular weight excluding hydrogens is 238 g/mol. The summed E-state index contributed by atoms with van der Waals surface area (Å²) in [6.45, 7) is 9.74. The van der Waals surface area contributed by atoms with Crippen molar-refractivity contribution in [1.82, 2.24) is 5.32 Å². The molecule has 2 aromatic rings. The smallest absolute Gasteiger partial charge is 0.0297 e. The molecule has 2 rings (SSSR count). The van der Waals surface area contributed by atoms with Crippen LogP contribution in [0.25, 0.3) is 0 Å². The molecule has 0 radical (unpaired) electrons. The first kappa shape index (κ1) is 13.3. The number of thiophene rings is 1. The molecule has 0 aliphatic heterocycles. The summed E-state index contributed by atoms with van der Waals surface area (Å²) in [6, 6.07) is 7.17. The summed E-state index contributed by atoms with van der Waals surface area (Å²) < 4.78 is 0. The Morgan fingerprint density at radius 2 is 1.83 bits per heavy atom. The first-order valence-corrected chi connectivity index (χ1v) is 7.34. The largest absolute Gasteiger partial charge is 0.306 e. The number of nitrogens with one attached hydrogen (secondary N) is 1. The molecule has 1 atom stereocenters. The van der Waals surface area contributed by atoms with Crippen LogP contribution >= 0.6 is 11.3 Å². The van der Waals surface area contributed by atoms with E-state index in [-0.39, 0.29) is 0 Å². The van der Waals surface area contributed by atoms with Gasteiger partial charge in [0.15, 0.2) is 0 Å². The fourth-order valence-electron chi connectivity index (χ4n) is 2.22. The Labute approximate surface area is 114 Å². The maximum Gasteiger partial charge on any atom is 0.0297 e. The van der Waals surface area contributed by atoms with Crippen molar-refractivity contribution in [2.45, 2.75) is 40.3 Å². The molecular formula is C16H21NS. The third-order valence-electron chi connectivity index (χ3n) is 3.54. The van der Waals surface area contributed by atoms with E-state index < -0.39 is 0 Å². The van der Waals surface area contributed by atoms with Gasteiger partial charge in [-0.25, -0.2) is 0 Å². The average molecular weight is 259 g/mol. The highest BCUT2D eigenvalue weighted by atomic mass is 32.1. The fourth-order valence-corrected chi connectivity index (χ4v) is 2.89. The van der Waals surface area contributed by atoms with Gasteiger partial charge in [0.2, 0.25) is 0 Å². The number of rotatable bonds is 4. The van der Waals surface area contributed by atoms with Gasteiger partial charge in [0.05, 0.1) is 0 Å². The molecule has 18 heavy (non-hydrogen) atoms. The Morgan fingerprint density at radius 3 is 2.50 bits per heavy atom. The van der Waals surface area contributed by atoms with Gasteiger partial charge in [-0.05, 0) is 72.3 Å². The van der Waals surface area contributed by atoms with E-state index in [1.54, 1.807) is 11.3 Å². The van der Waals surface area contributed by atoms with Gasteiger partial charge in [0, 0.05) is 12.6 Å². The Balaban J connectivity index is 2.09. The summed E-state index contributed by atoms with van der Waals surface area (Å²) in [6.07, 6.45) is 0. The minimum Gasteiger partial charge on any atom is -0.306 e. The highest BCUT2D eigenvalue weighted by Crippen LogP contribution is 2.22. The number of aryl methyl sites for hydroxylation is 3. The summed E-state index contributed by atoms with van der Waals surface area (Å²) >= 11 is 1.75. The molecule has 0 aliphatic rings. The highest BCUT2D eigenvalue weighted by molar-refractivity contribution is 7.07. The van der Waals surface area contributed by atoms with Gasteiger partial charge < -0.3 is 5.32 Å². The fraction of sp³-hybridized carbons (Fsp3) is 0.375. The second-order valence-corrected chi connectivity index (χ2v) is 5.81. The molecule has 0 aliphatic carbocycles. The molecule has 0 spiro atoms. The van der Waals surface area contributed by atoms with Crippen LogP contribution in [-0.2, 0) is 6.54 Å². The Morgan fingerprint density at radius 1 is 1.11 bits per heavy atom. The third kappa shape index (κ3) is 3.01. The van der Waals surface area contributed by atoms with Crippen LogP contribution in [-0.4, -0.2) is 0 Å². The van der Waals surface area contributed by atoms with E-state index in [9.17, 15) is 0 Å². The molecule has 1 heterocycles. The van der Waals surface area contributed by atoms with Crippen LogP contribution in [0.4, 0.5) is 0 Å². The Hall–Kier alpha value is -1.12. The molecule has 1 aromatic carbocycles. The Kier molecular flexibility index (Phi) is 4.20. The van der Waals surface area contributed by atoms with Crippen molar-refractivity contribution in [1.29, 1.82) is 0 Å². The van der Waals surface area contributed by atoms with Crippen molar-refractivity contribution in [2.24, 2.45) is 0 Å². The van der Waals surface area contributed by atoms with Gasteiger partial charge in [0.1, 0.15) is 0 Å². The molecule has 0 saturated heterocycles. The lowest BCUT2D eigenvalue weighted by atomic mass is 9.96. The van der Waals surface area contributed by atoms with Crippen LogP contribution in [0.3, 0.4) is 0 Å². The van der Waals surface area contributed by atoms with Crippen molar-refractivity contribution < 1.29 is 0 Å². The topological polar surface area (TPSA) is 12.0 Å². The van der Waals surface area contributed by atoms with Crippen molar-refractivity contribution >= 4 is 11.3 Å². The molecule has 1 unspecified atom stereocenters. The van der Waals surface area contributed by atoms with Crippen LogP contribution in [0.5, 0.6) is 0 Å². The number of benzene rings is 1. The summed E-state index contributed by atoms with van der Waals surface area (Å²) in [5.41, 5.74) is 6.91. The van der Waals surface area contributed by atoms with Gasteiger partial charge in [-0.15, -0.1) is 0 Å². The van der Waals surface area contributed by atoms with E-state index >= 15 is 0 Å². The van der Waals surface area contributed by atoms with Gasteiger partial charge in [-0.1, -0.05) is 12.1 Å². The lowest BCUT2D eigenvalue weighted by Crippen LogP contribution is -2.18. The third-order valence-corrected chi connectivity index (χ3v) is 4.27. The van der Waals surface area contributed by atoms with E-state index in [2.05, 4.69) is 62.0 Å². The zero-order valence-electron chi connectivity index (χ0n) is 11.6. The summed E-state index contributed by atoms with van der Waals surface area (Å²) in [7, 11) is 0. The van der Waals surface area contributed by atoms with Crippen LogP contribution in [0.15, 0.2) is 29.0 Å². The van der Waals surface area contributed by atoms with E-state index in [0.717, 1.165) is 6.54 Å². The summed E-state index contributed by atoms with van der Waals surface area (Å²) in [5, 5.41) is 7.92.